The maximum absolute atomic E-state index is 13.0. The predicted octanol–water partition coefficient (Wildman–Crippen LogP) is 2.61. The first-order valence-electron chi connectivity index (χ1n) is 8.54. The van der Waals surface area contributed by atoms with Gasteiger partial charge >= 0.3 is 0 Å². The summed E-state index contributed by atoms with van der Waals surface area (Å²) >= 11 is 0. The van der Waals surface area contributed by atoms with Gasteiger partial charge in [0.2, 0.25) is 5.95 Å². The molecule has 1 aliphatic rings. The fourth-order valence-corrected chi connectivity index (χ4v) is 3.04. The molecule has 3 rings (SSSR count). The van der Waals surface area contributed by atoms with E-state index >= 15 is 0 Å². The number of ether oxygens (including phenoxy) is 1. The predicted molar refractivity (Wildman–Crippen MR) is 96.0 cm³/mol. The van der Waals surface area contributed by atoms with Gasteiger partial charge < -0.3 is 15.4 Å². The highest BCUT2D eigenvalue weighted by Crippen LogP contribution is 2.29. The van der Waals surface area contributed by atoms with Crippen LogP contribution in [0.3, 0.4) is 0 Å². The number of anilines is 1. The van der Waals surface area contributed by atoms with Crippen molar-refractivity contribution in [2.45, 2.75) is 33.0 Å². The maximum atomic E-state index is 13.0. The monoisotopic (exact) mass is 340 g/mol. The normalized spacial score (nSPS) is 20.7. The number of aryl methyl sites for hydroxylation is 1. The lowest BCUT2D eigenvalue weighted by Gasteiger charge is -2.40. The van der Waals surface area contributed by atoms with E-state index in [4.69, 9.17) is 10.5 Å². The lowest BCUT2D eigenvalue weighted by Crippen LogP contribution is -2.48. The number of nitrogen functional groups attached to an aromatic ring is 1. The topological polar surface area (TPSA) is 81.3 Å². The van der Waals surface area contributed by atoms with Crippen molar-refractivity contribution in [2.24, 2.45) is 5.92 Å². The molecule has 1 saturated heterocycles. The molecule has 0 unspecified atom stereocenters. The number of nitrogens with zero attached hydrogens (tertiary/aromatic N) is 3. The molecule has 0 spiro atoms. The van der Waals surface area contributed by atoms with Crippen molar-refractivity contribution >= 4 is 11.9 Å². The fourth-order valence-electron chi connectivity index (χ4n) is 3.04. The van der Waals surface area contributed by atoms with Crippen LogP contribution >= 0.6 is 0 Å². The van der Waals surface area contributed by atoms with Gasteiger partial charge in [-0.25, -0.2) is 9.97 Å². The molecule has 2 aromatic rings. The molecule has 2 heterocycles. The van der Waals surface area contributed by atoms with Crippen molar-refractivity contribution in [3.63, 3.8) is 0 Å². The molecule has 1 amide bonds. The summed E-state index contributed by atoms with van der Waals surface area (Å²) in [5, 5.41) is 0. The number of benzene rings is 1. The molecule has 1 aromatic heterocycles. The van der Waals surface area contributed by atoms with E-state index in [1.165, 1.54) is 6.20 Å². The van der Waals surface area contributed by atoms with Crippen LogP contribution in [0.4, 0.5) is 5.95 Å². The standard InChI is InChI=1S/C19H24N4O2/c1-12(2)16-10-23(11-17(25-16)14-7-5-4-6-8-14)18(24)15-9-21-19(20)22-13(15)3/h4-9,12,16-17H,10-11H2,1-3H3,(H2,20,21,22)/t16-,17+/m1/s1. The molecule has 0 saturated carbocycles. The largest absolute Gasteiger partial charge is 0.368 e. The second-order valence-corrected chi connectivity index (χ2v) is 6.76. The van der Waals surface area contributed by atoms with Crippen LogP contribution in [0.5, 0.6) is 0 Å². The van der Waals surface area contributed by atoms with E-state index in [1.54, 1.807) is 6.92 Å². The number of carbonyl (C=O) groups excluding carboxylic acids is 1. The van der Waals surface area contributed by atoms with Crippen LogP contribution in [0.2, 0.25) is 0 Å². The Bertz CT molecular complexity index is 748. The number of aromatic nitrogens is 2. The first kappa shape index (κ1) is 17.4. The molecular formula is C19H24N4O2. The van der Waals surface area contributed by atoms with Gasteiger partial charge in [-0.1, -0.05) is 44.2 Å². The number of hydrogen-bond acceptors (Lipinski definition) is 5. The molecule has 1 fully saturated rings. The molecule has 6 heteroatoms. The Balaban J connectivity index is 1.87. The van der Waals surface area contributed by atoms with Crippen LogP contribution in [-0.4, -0.2) is 40.0 Å². The first-order chi connectivity index (χ1) is 12.0. The summed E-state index contributed by atoms with van der Waals surface area (Å²) < 4.78 is 6.25. The number of morpholine rings is 1. The molecule has 6 nitrogen and oxygen atoms in total. The van der Waals surface area contributed by atoms with E-state index in [0.717, 1.165) is 5.56 Å². The second-order valence-electron chi connectivity index (χ2n) is 6.76. The van der Waals surface area contributed by atoms with Crippen LogP contribution in [-0.2, 0) is 4.74 Å². The van der Waals surface area contributed by atoms with Crippen LogP contribution in [0.15, 0.2) is 36.5 Å². The average molecular weight is 340 g/mol. The quantitative estimate of drug-likeness (QED) is 0.929. The molecule has 0 bridgehead atoms. The summed E-state index contributed by atoms with van der Waals surface area (Å²) in [4.78, 5) is 23.0. The zero-order valence-electron chi connectivity index (χ0n) is 14.8. The zero-order valence-corrected chi connectivity index (χ0v) is 14.8. The summed E-state index contributed by atoms with van der Waals surface area (Å²) in [5.41, 5.74) is 7.77. The summed E-state index contributed by atoms with van der Waals surface area (Å²) in [6.45, 7) is 7.07. The van der Waals surface area contributed by atoms with Crippen molar-refractivity contribution < 1.29 is 9.53 Å². The maximum Gasteiger partial charge on any atom is 0.257 e. The van der Waals surface area contributed by atoms with Gasteiger partial charge in [0.25, 0.3) is 5.91 Å². The van der Waals surface area contributed by atoms with Crippen LogP contribution in [0.25, 0.3) is 0 Å². The van der Waals surface area contributed by atoms with Crippen molar-refractivity contribution in [1.29, 1.82) is 0 Å². The molecule has 132 valence electrons. The van der Waals surface area contributed by atoms with E-state index in [9.17, 15) is 4.79 Å². The first-order valence-corrected chi connectivity index (χ1v) is 8.54. The Morgan fingerprint density at radius 1 is 1.28 bits per heavy atom. The van der Waals surface area contributed by atoms with Gasteiger partial charge in [-0.2, -0.15) is 0 Å². The van der Waals surface area contributed by atoms with Gasteiger partial charge in [-0.05, 0) is 18.4 Å². The van der Waals surface area contributed by atoms with E-state index in [-0.39, 0.29) is 24.1 Å². The van der Waals surface area contributed by atoms with Crippen LogP contribution < -0.4 is 5.73 Å². The van der Waals surface area contributed by atoms with Crippen LogP contribution in [0, 0.1) is 12.8 Å². The number of nitrogens with two attached hydrogens (primary N) is 1. The Kier molecular flexibility index (Phi) is 4.99. The minimum atomic E-state index is -0.138. The molecular weight excluding hydrogens is 316 g/mol. The average Bonchev–Trinajstić information content (AvgIpc) is 2.61. The van der Waals surface area contributed by atoms with Crippen LogP contribution in [0.1, 0.15) is 41.6 Å². The third-order valence-corrected chi connectivity index (χ3v) is 4.56. The van der Waals surface area contributed by atoms with Gasteiger partial charge in [-0.3, -0.25) is 4.79 Å². The van der Waals surface area contributed by atoms with E-state index in [0.29, 0.717) is 30.3 Å². The van der Waals surface area contributed by atoms with Crippen molar-refractivity contribution in [3.05, 3.63) is 53.3 Å². The number of hydrogen-bond donors (Lipinski definition) is 1. The summed E-state index contributed by atoms with van der Waals surface area (Å²) in [6, 6.07) is 10.0. The number of amides is 1. The van der Waals surface area contributed by atoms with E-state index in [2.05, 4.69) is 23.8 Å². The summed E-state index contributed by atoms with van der Waals surface area (Å²) in [5.74, 6) is 0.413. The van der Waals surface area contributed by atoms with E-state index in [1.807, 2.05) is 35.2 Å². The Labute approximate surface area is 148 Å². The lowest BCUT2D eigenvalue weighted by atomic mass is 10.0. The van der Waals surface area contributed by atoms with Crippen molar-refractivity contribution in [3.8, 4) is 0 Å². The fraction of sp³-hybridized carbons (Fsp3) is 0.421. The van der Waals surface area contributed by atoms with E-state index < -0.39 is 0 Å². The molecule has 1 aliphatic heterocycles. The highest BCUT2D eigenvalue weighted by atomic mass is 16.5. The smallest absolute Gasteiger partial charge is 0.257 e. The minimum absolute atomic E-state index is 0.0158. The Hall–Kier alpha value is -2.47. The Morgan fingerprint density at radius 2 is 2.00 bits per heavy atom. The molecule has 2 N–H and O–H groups in total. The van der Waals surface area contributed by atoms with Gasteiger partial charge in [0.15, 0.2) is 0 Å². The number of carbonyl (C=O) groups is 1. The van der Waals surface area contributed by atoms with Gasteiger partial charge in [0.05, 0.1) is 23.9 Å². The highest BCUT2D eigenvalue weighted by Gasteiger charge is 2.34. The third-order valence-electron chi connectivity index (χ3n) is 4.56. The molecule has 0 aliphatic carbocycles. The highest BCUT2D eigenvalue weighted by molar-refractivity contribution is 5.95. The van der Waals surface area contributed by atoms with Gasteiger partial charge in [0.1, 0.15) is 6.10 Å². The summed E-state index contributed by atoms with van der Waals surface area (Å²) in [7, 11) is 0. The van der Waals surface area contributed by atoms with Crippen molar-refractivity contribution in [1.82, 2.24) is 14.9 Å². The SMILES string of the molecule is Cc1nc(N)ncc1C(=O)N1C[C@@H](c2ccccc2)O[C@@H](C(C)C)C1. The Morgan fingerprint density at radius 3 is 2.64 bits per heavy atom. The minimum Gasteiger partial charge on any atom is -0.368 e. The third kappa shape index (κ3) is 3.79. The van der Waals surface area contributed by atoms with Crippen molar-refractivity contribution in [2.75, 3.05) is 18.8 Å². The van der Waals surface area contributed by atoms with Gasteiger partial charge in [0, 0.05) is 12.7 Å². The molecule has 1 aromatic carbocycles. The van der Waals surface area contributed by atoms with Gasteiger partial charge in [-0.15, -0.1) is 0 Å². The summed E-state index contributed by atoms with van der Waals surface area (Å²) in [6.07, 6.45) is 1.36. The lowest BCUT2D eigenvalue weighted by molar-refractivity contribution is -0.0954. The second kappa shape index (κ2) is 7.19. The molecule has 2 atom stereocenters. The zero-order chi connectivity index (χ0) is 18.0. The molecule has 25 heavy (non-hydrogen) atoms. The number of rotatable bonds is 3. The molecule has 0 radical (unpaired) electrons.